The minimum atomic E-state index is -4.32. The fourth-order valence-electron chi connectivity index (χ4n) is 1.57. The molecule has 3 nitrogen and oxygen atoms in total. The molecule has 0 radical (unpaired) electrons. The van der Waals surface area contributed by atoms with Gasteiger partial charge in [-0.1, -0.05) is 0 Å². The number of hydrogen-bond acceptors (Lipinski definition) is 2. The lowest BCUT2D eigenvalue weighted by molar-refractivity contribution is -0.195. The van der Waals surface area contributed by atoms with E-state index in [0.717, 1.165) is 11.9 Å². The molecule has 0 aromatic rings. The average Bonchev–Trinajstić information content (AvgIpc) is 2.20. The molecule has 1 aliphatic heterocycles. The van der Waals surface area contributed by atoms with E-state index in [1.165, 1.54) is 0 Å². The maximum atomic E-state index is 12.4. The van der Waals surface area contributed by atoms with Gasteiger partial charge in [-0.15, -0.1) is 0 Å². The summed E-state index contributed by atoms with van der Waals surface area (Å²) in [6.45, 7) is 4.24. The van der Waals surface area contributed by atoms with Gasteiger partial charge in [0.15, 0.2) is 0 Å². The van der Waals surface area contributed by atoms with Gasteiger partial charge in [-0.05, 0) is 20.8 Å². The third-order valence-corrected chi connectivity index (χ3v) is 2.35. The number of hydrogen-bond donors (Lipinski definition) is 1. The van der Waals surface area contributed by atoms with Gasteiger partial charge in [-0.25, -0.2) is 5.01 Å². The molecule has 1 saturated heterocycles. The standard InChI is InChI=1S/C8H13F3N2O/c1-5(8(9,10)11)13-7(2,3)4-6(14)12-13/h5H,4H2,1-3H3,(H,12,14). The van der Waals surface area contributed by atoms with Gasteiger partial charge in [0, 0.05) is 12.0 Å². The van der Waals surface area contributed by atoms with Gasteiger partial charge in [0.1, 0.15) is 6.04 Å². The quantitative estimate of drug-likeness (QED) is 0.710. The zero-order chi connectivity index (χ0) is 11.1. The highest BCUT2D eigenvalue weighted by Gasteiger charge is 2.49. The summed E-state index contributed by atoms with van der Waals surface area (Å²) < 4.78 is 37.1. The topological polar surface area (TPSA) is 32.3 Å². The first-order valence-corrected chi connectivity index (χ1v) is 4.30. The van der Waals surface area contributed by atoms with E-state index in [2.05, 4.69) is 5.43 Å². The molecule has 6 heteroatoms. The van der Waals surface area contributed by atoms with Crippen molar-refractivity contribution in [2.24, 2.45) is 0 Å². The molecule has 1 rings (SSSR count). The summed E-state index contributed by atoms with van der Waals surface area (Å²) in [4.78, 5) is 11.0. The highest BCUT2D eigenvalue weighted by atomic mass is 19.4. The Hall–Kier alpha value is -0.780. The van der Waals surface area contributed by atoms with Crippen molar-refractivity contribution in [2.45, 2.75) is 44.9 Å². The predicted molar refractivity (Wildman–Crippen MR) is 44.2 cm³/mol. The lowest BCUT2D eigenvalue weighted by atomic mass is 10.0. The Morgan fingerprint density at radius 3 is 2.29 bits per heavy atom. The monoisotopic (exact) mass is 210 g/mol. The van der Waals surface area contributed by atoms with Crippen LogP contribution in [0.2, 0.25) is 0 Å². The summed E-state index contributed by atoms with van der Waals surface area (Å²) in [5.74, 6) is -0.369. The number of rotatable bonds is 1. The number of hydrazine groups is 1. The van der Waals surface area contributed by atoms with Crippen molar-refractivity contribution < 1.29 is 18.0 Å². The number of nitrogens with zero attached hydrogens (tertiary/aromatic N) is 1. The number of nitrogens with one attached hydrogen (secondary N) is 1. The van der Waals surface area contributed by atoms with Crippen molar-refractivity contribution in [3.63, 3.8) is 0 Å². The molecule has 0 spiro atoms. The fourth-order valence-corrected chi connectivity index (χ4v) is 1.57. The molecular weight excluding hydrogens is 197 g/mol. The van der Waals surface area contributed by atoms with E-state index in [4.69, 9.17) is 0 Å². The molecular formula is C8H13F3N2O. The lowest BCUT2D eigenvalue weighted by Crippen LogP contribution is -2.55. The lowest BCUT2D eigenvalue weighted by Gasteiger charge is -2.35. The average molecular weight is 210 g/mol. The number of carbonyl (C=O) groups is 1. The van der Waals surface area contributed by atoms with Crippen LogP contribution in [0.25, 0.3) is 0 Å². The molecule has 1 fully saturated rings. The second kappa shape index (κ2) is 3.12. The normalized spacial score (nSPS) is 24.9. The first-order valence-electron chi connectivity index (χ1n) is 4.30. The summed E-state index contributed by atoms with van der Waals surface area (Å²) >= 11 is 0. The molecule has 14 heavy (non-hydrogen) atoms. The molecule has 1 unspecified atom stereocenters. The van der Waals surface area contributed by atoms with Gasteiger partial charge in [0.25, 0.3) is 0 Å². The number of alkyl halides is 3. The zero-order valence-corrected chi connectivity index (χ0v) is 8.27. The summed E-state index contributed by atoms with van der Waals surface area (Å²) in [5.41, 5.74) is 1.44. The maximum Gasteiger partial charge on any atom is 0.405 e. The minimum Gasteiger partial charge on any atom is -0.288 e. The van der Waals surface area contributed by atoms with E-state index in [9.17, 15) is 18.0 Å². The molecule has 0 bridgehead atoms. The largest absolute Gasteiger partial charge is 0.405 e. The van der Waals surface area contributed by atoms with Crippen molar-refractivity contribution in [3.05, 3.63) is 0 Å². The van der Waals surface area contributed by atoms with E-state index in [0.29, 0.717) is 0 Å². The highest BCUT2D eigenvalue weighted by molar-refractivity contribution is 5.78. The molecule has 1 heterocycles. The first kappa shape index (κ1) is 11.3. The van der Waals surface area contributed by atoms with E-state index in [1.807, 2.05) is 0 Å². The van der Waals surface area contributed by atoms with Crippen molar-refractivity contribution >= 4 is 5.91 Å². The predicted octanol–water partition coefficient (Wildman–Crippen LogP) is 1.45. The van der Waals surface area contributed by atoms with Crippen LogP contribution in [0.5, 0.6) is 0 Å². The molecule has 1 amide bonds. The summed E-state index contributed by atoms with van der Waals surface area (Å²) in [6, 6.07) is -1.66. The van der Waals surface area contributed by atoms with E-state index < -0.39 is 17.8 Å². The van der Waals surface area contributed by atoms with Gasteiger partial charge >= 0.3 is 6.18 Å². The zero-order valence-electron chi connectivity index (χ0n) is 8.27. The molecule has 0 saturated carbocycles. The van der Waals surface area contributed by atoms with Gasteiger partial charge in [0.2, 0.25) is 5.91 Å². The highest BCUT2D eigenvalue weighted by Crippen LogP contribution is 2.32. The van der Waals surface area contributed by atoms with E-state index in [-0.39, 0.29) is 12.3 Å². The van der Waals surface area contributed by atoms with Gasteiger partial charge in [-0.2, -0.15) is 13.2 Å². The van der Waals surface area contributed by atoms with Crippen LogP contribution < -0.4 is 5.43 Å². The van der Waals surface area contributed by atoms with Crippen LogP contribution >= 0.6 is 0 Å². The molecule has 0 aromatic heterocycles. The molecule has 1 N–H and O–H groups in total. The van der Waals surface area contributed by atoms with Crippen LogP contribution in [0.4, 0.5) is 13.2 Å². The van der Waals surface area contributed by atoms with Gasteiger partial charge < -0.3 is 0 Å². The summed E-state index contributed by atoms with van der Waals surface area (Å²) in [5, 5.41) is 0.968. The number of amides is 1. The Labute approximate surface area is 80.2 Å². The first-order chi connectivity index (χ1) is 6.14. The van der Waals surface area contributed by atoms with Crippen molar-refractivity contribution in [1.82, 2.24) is 10.4 Å². The minimum absolute atomic E-state index is 0.0907. The summed E-state index contributed by atoms with van der Waals surface area (Å²) in [7, 11) is 0. The Morgan fingerprint density at radius 2 is 2.00 bits per heavy atom. The Bertz CT molecular complexity index is 249. The Balaban J connectivity index is 2.83. The van der Waals surface area contributed by atoms with Crippen LogP contribution in [-0.4, -0.2) is 28.7 Å². The van der Waals surface area contributed by atoms with Crippen molar-refractivity contribution in [2.75, 3.05) is 0 Å². The van der Waals surface area contributed by atoms with Crippen LogP contribution in [-0.2, 0) is 4.79 Å². The summed E-state index contributed by atoms with van der Waals surface area (Å²) in [6.07, 6.45) is -4.23. The van der Waals surface area contributed by atoms with Crippen LogP contribution in [0.3, 0.4) is 0 Å². The second-order valence-corrected chi connectivity index (χ2v) is 4.11. The molecule has 1 aliphatic rings. The van der Waals surface area contributed by atoms with Gasteiger partial charge in [-0.3, -0.25) is 10.2 Å². The Morgan fingerprint density at radius 1 is 1.50 bits per heavy atom. The van der Waals surface area contributed by atoms with Crippen LogP contribution in [0.15, 0.2) is 0 Å². The molecule has 0 aromatic carbocycles. The maximum absolute atomic E-state index is 12.4. The second-order valence-electron chi connectivity index (χ2n) is 4.11. The third kappa shape index (κ3) is 2.00. The van der Waals surface area contributed by atoms with Crippen molar-refractivity contribution in [1.29, 1.82) is 0 Å². The van der Waals surface area contributed by atoms with E-state index in [1.54, 1.807) is 13.8 Å². The van der Waals surface area contributed by atoms with Crippen LogP contribution in [0, 0.1) is 0 Å². The van der Waals surface area contributed by atoms with Gasteiger partial charge in [0.05, 0.1) is 0 Å². The molecule has 0 aliphatic carbocycles. The van der Waals surface area contributed by atoms with Crippen LogP contribution in [0.1, 0.15) is 27.2 Å². The van der Waals surface area contributed by atoms with E-state index >= 15 is 0 Å². The number of halogens is 3. The Kier molecular flexibility index (Phi) is 2.51. The number of carbonyl (C=O) groups excluding carboxylic acids is 1. The smallest absolute Gasteiger partial charge is 0.288 e. The van der Waals surface area contributed by atoms with Crippen molar-refractivity contribution in [3.8, 4) is 0 Å². The molecule has 82 valence electrons. The molecule has 1 atom stereocenters. The fraction of sp³-hybridized carbons (Fsp3) is 0.875. The third-order valence-electron chi connectivity index (χ3n) is 2.35. The SMILES string of the molecule is CC(N1NC(=O)CC1(C)C)C(F)(F)F.